The van der Waals surface area contributed by atoms with Gasteiger partial charge in [0.1, 0.15) is 0 Å². The minimum Gasteiger partial charge on any atom is -0.379 e. The fourth-order valence-corrected chi connectivity index (χ4v) is 4.15. The second-order valence-electron chi connectivity index (χ2n) is 7.73. The molecule has 2 aliphatic heterocycles. The molecule has 2 fully saturated rings. The zero-order valence-electron chi connectivity index (χ0n) is 16.5. The maximum Gasteiger partial charge on any atom is 0.193 e. The highest BCUT2D eigenvalue weighted by Crippen LogP contribution is 2.24. The van der Waals surface area contributed by atoms with Crippen molar-refractivity contribution in [3.8, 4) is 0 Å². The molecule has 5 nitrogen and oxygen atoms in total. The molecule has 3 rings (SSSR count). The predicted molar refractivity (Wildman–Crippen MR) is 108 cm³/mol. The fourth-order valence-electron chi connectivity index (χ4n) is 4.15. The summed E-state index contributed by atoms with van der Waals surface area (Å²) in [5.74, 6) is 2.12. The molecule has 1 aromatic carbocycles. The number of morpholine rings is 1. The molecule has 26 heavy (non-hydrogen) atoms. The molecule has 2 saturated heterocycles. The van der Waals surface area contributed by atoms with Gasteiger partial charge in [-0.15, -0.1) is 0 Å². The lowest BCUT2D eigenvalue weighted by atomic mass is 9.88. The summed E-state index contributed by atoms with van der Waals surface area (Å²) in [6.07, 6.45) is 1.22. The average molecular weight is 359 g/mol. The highest BCUT2D eigenvalue weighted by Gasteiger charge is 2.30. The van der Waals surface area contributed by atoms with Crippen molar-refractivity contribution >= 4 is 5.96 Å². The number of guanidine groups is 1. The Morgan fingerprint density at radius 2 is 1.92 bits per heavy atom. The Labute approximate surface area is 158 Å². The molecule has 0 aromatic heterocycles. The average Bonchev–Trinajstić information content (AvgIpc) is 3.16. The summed E-state index contributed by atoms with van der Waals surface area (Å²) in [6, 6.07) is 11.5. The van der Waals surface area contributed by atoms with Crippen LogP contribution in [-0.2, 0) is 4.74 Å². The maximum atomic E-state index is 5.49. The van der Waals surface area contributed by atoms with E-state index in [-0.39, 0.29) is 0 Å². The van der Waals surface area contributed by atoms with Crippen LogP contribution < -0.4 is 5.32 Å². The second-order valence-corrected chi connectivity index (χ2v) is 7.73. The van der Waals surface area contributed by atoms with E-state index in [1.165, 1.54) is 12.0 Å². The zero-order valence-corrected chi connectivity index (χ0v) is 16.5. The first kappa shape index (κ1) is 19.2. The lowest BCUT2D eigenvalue weighted by molar-refractivity contribution is 0.0195. The number of nitrogens with one attached hydrogen (secondary N) is 1. The topological polar surface area (TPSA) is 40.1 Å². The summed E-state index contributed by atoms with van der Waals surface area (Å²) < 4.78 is 5.49. The first-order valence-corrected chi connectivity index (χ1v) is 10.0. The lowest BCUT2D eigenvalue weighted by Crippen LogP contribution is -2.47. The molecule has 2 unspecified atom stereocenters. The monoisotopic (exact) mass is 358 g/mol. The maximum absolute atomic E-state index is 5.49. The highest BCUT2D eigenvalue weighted by molar-refractivity contribution is 5.80. The third-order valence-corrected chi connectivity index (χ3v) is 5.75. The van der Waals surface area contributed by atoms with E-state index in [9.17, 15) is 0 Å². The Bertz CT molecular complexity index is 569. The van der Waals surface area contributed by atoms with Crippen molar-refractivity contribution in [1.82, 2.24) is 15.1 Å². The van der Waals surface area contributed by atoms with Crippen molar-refractivity contribution in [2.45, 2.75) is 32.2 Å². The second kappa shape index (κ2) is 9.38. The van der Waals surface area contributed by atoms with Gasteiger partial charge in [0.15, 0.2) is 5.96 Å². The van der Waals surface area contributed by atoms with Gasteiger partial charge in [-0.2, -0.15) is 0 Å². The van der Waals surface area contributed by atoms with Crippen LogP contribution in [0.1, 0.15) is 31.7 Å². The van der Waals surface area contributed by atoms with Gasteiger partial charge in [0.2, 0.25) is 0 Å². The molecule has 1 aromatic rings. The summed E-state index contributed by atoms with van der Waals surface area (Å²) in [6.45, 7) is 11.5. The Morgan fingerprint density at radius 3 is 2.58 bits per heavy atom. The van der Waals surface area contributed by atoms with E-state index in [0.29, 0.717) is 17.9 Å². The Hall–Kier alpha value is -1.59. The molecule has 2 atom stereocenters. The Morgan fingerprint density at radius 1 is 1.19 bits per heavy atom. The van der Waals surface area contributed by atoms with Crippen LogP contribution in [0.3, 0.4) is 0 Å². The molecule has 0 saturated carbocycles. The van der Waals surface area contributed by atoms with Crippen molar-refractivity contribution in [2.75, 3.05) is 53.0 Å². The normalized spacial score (nSPS) is 23.5. The minimum atomic E-state index is 0.491. The number of rotatable bonds is 5. The molecule has 144 valence electrons. The minimum absolute atomic E-state index is 0.491. The quantitative estimate of drug-likeness (QED) is 0.648. The van der Waals surface area contributed by atoms with Crippen LogP contribution in [0.2, 0.25) is 0 Å². The number of hydrogen-bond acceptors (Lipinski definition) is 3. The third-order valence-electron chi connectivity index (χ3n) is 5.75. The fraction of sp³-hybridized carbons (Fsp3) is 0.667. The van der Waals surface area contributed by atoms with Crippen molar-refractivity contribution in [2.24, 2.45) is 10.9 Å². The summed E-state index contributed by atoms with van der Waals surface area (Å²) >= 11 is 0. The smallest absolute Gasteiger partial charge is 0.193 e. The molecule has 2 heterocycles. The van der Waals surface area contributed by atoms with E-state index in [1.54, 1.807) is 0 Å². The molecule has 1 N–H and O–H groups in total. The van der Waals surface area contributed by atoms with Gasteiger partial charge in [-0.25, -0.2) is 0 Å². The number of nitrogens with zero attached hydrogens (tertiary/aromatic N) is 3. The van der Waals surface area contributed by atoms with Crippen LogP contribution in [0.15, 0.2) is 35.3 Å². The summed E-state index contributed by atoms with van der Waals surface area (Å²) in [4.78, 5) is 9.56. The highest BCUT2D eigenvalue weighted by atomic mass is 16.5. The summed E-state index contributed by atoms with van der Waals surface area (Å²) in [5, 5.41) is 3.65. The van der Waals surface area contributed by atoms with Crippen LogP contribution in [-0.4, -0.2) is 74.8 Å². The van der Waals surface area contributed by atoms with Gasteiger partial charge in [-0.1, -0.05) is 44.2 Å². The number of likely N-dealkylation sites (tertiary alicyclic amines) is 1. The number of ether oxygens (including phenoxy) is 1. The van der Waals surface area contributed by atoms with Gasteiger partial charge < -0.3 is 15.0 Å². The standard InChI is InChI=1S/C21H34N4O/c1-17(2)20(18-7-5-4-6-8-18)15-23-21(22-3)25-10-9-19(16-25)24-11-13-26-14-12-24/h4-8,17,19-20H,9-16H2,1-3H3,(H,22,23). The van der Waals surface area contributed by atoms with E-state index in [4.69, 9.17) is 4.74 Å². The lowest BCUT2D eigenvalue weighted by Gasteiger charge is -2.32. The van der Waals surface area contributed by atoms with E-state index < -0.39 is 0 Å². The third kappa shape index (κ3) is 4.77. The van der Waals surface area contributed by atoms with Gasteiger partial charge in [0, 0.05) is 51.7 Å². The van der Waals surface area contributed by atoms with Gasteiger partial charge >= 0.3 is 0 Å². The van der Waals surface area contributed by atoms with Crippen LogP contribution in [0.5, 0.6) is 0 Å². The van der Waals surface area contributed by atoms with Crippen molar-refractivity contribution in [1.29, 1.82) is 0 Å². The summed E-state index contributed by atoms with van der Waals surface area (Å²) in [5.41, 5.74) is 1.40. The molecule has 0 spiro atoms. The van der Waals surface area contributed by atoms with Crippen LogP contribution in [0, 0.1) is 5.92 Å². The van der Waals surface area contributed by atoms with E-state index in [2.05, 4.69) is 64.3 Å². The van der Waals surface area contributed by atoms with Crippen molar-refractivity contribution in [3.63, 3.8) is 0 Å². The Kier molecular flexibility index (Phi) is 6.92. The number of benzene rings is 1. The van der Waals surface area contributed by atoms with Gasteiger partial charge in [0.05, 0.1) is 13.2 Å². The molecule has 5 heteroatoms. The predicted octanol–water partition coefficient (Wildman–Crippen LogP) is 2.41. The molecule has 0 radical (unpaired) electrons. The first-order chi connectivity index (χ1) is 12.7. The van der Waals surface area contributed by atoms with Gasteiger partial charge in [0.25, 0.3) is 0 Å². The van der Waals surface area contributed by atoms with Crippen LogP contribution in [0.25, 0.3) is 0 Å². The van der Waals surface area contributed by atoms with Crippen molar-refractivity contribution in [3.05, 3.63) is 35.9 Å². The van der Waals surface area contributed by atoms with Crippen LogP contribution in [0.4, 0.5) is 0 Å². The van der Waals surface area contributed by atoms with Crippen molar-refractivity contribution < 1.29 is 4.74 Å². The summed E-state index contributed by atoms with van der Waals surface area (Å²) in [7, 11) is 1.90. The molecule has 0 amide bonds. The first-order valence-electron chi connectivity index (χ1n) is 10.0. The largest absolute Gasteiger partial charge is 0.379 e. The van der Waals surface area contributed by atoms with E-state index >= 15 is 0 Å². The number of aliphatic imine (C=N–C) groups is 1. The van der Waals surface area contributed by atoms with E-state index in [0.717, 1.165) is 51.9 Å². The Balaban J connectivity index is 1.56. The SMILES string of the molecule is CN=C(NCC(c1ccccc1)C(C)C)N1CCC(N2CCOCC2)C1. The van der Waals surface area contributed by atoms with E-state index in [1.807, 2.05) is 7.05 Å². The van der Waals surface area contributed by atoms with Gasteiger partial charge in [-0.05, 0) is 17.9 Å². The molecular formula is C21H34N4O. The zero-order chi connectivity index (χ0) is 18.4. The van der Waals surface area contributed by atoms with Crippen LogP contribution >= 0.6 is 0 Å². The van der Waals surface area contributed by atoms with Gasteiger partial charge in [-0.3, -0.25) is 9.89 Å². The number of hydrogen-bond donors (Lipinski definition) is 1. The molecule has 0 aliphatic carbocycles. The molecule has 0 bridgehead atoms. The molecule has 2 aliphatic rings. The molecular weight excluding hydrogens is 324 g/mol.